The molecular weight excluding hydrogens is 509 g/mol. The monoisotopic (exact) mass is 527 g/mol. The zero-order valence-corrected chi connectivity index (χ0v) is 18.8. The maximum absolute atomic E-state index is 13.6. The summed E-state index contributed by atoms with van der Waals surface area (Å²) < 4.78 is 8.10. The van der Waals surface area contributed by atoms with E-state index in [2.05, 4.69) is 38.0 Å². The normalized spacial score (nSPS) is 13.4. The van der Waals surface area contributed by atoms with Gasteiger partial charge < -0.3 is 9.64 Å². The molecule has 10 heteroatoms. The first kappa shape index (κ1) is 19.7. The zero-order chi connectivity index (χ0) is 21.4. The topological polar surface area (TPSA) is 91.0 Å². The number of hydrogen-bond acceptors (Lipinski definition) is 6. The van der Waals surface area contributed by atoms with Crippen molar-refractivity contribution in [2.45, 2.75) is 13.0 Å². The smallest absolute Gasteiger partial charge is 0.277 e. The van der Waals surface area contributed by atoms with Gasteiger partial charge in [0.15, 0.2) is 6.33 Å². The molecule has 1 aliphatic rings. The molecule has 5 rings (SSSR count). The molecule has 2 aromatic heterocycles. The number of aromatic nitrogens is 6. The van der Waals surface area contributed by atoms with Gasteiger partial charge in [0.25, 0.3) is 5.91 Å². The van der Waals surface area contributed by atoms with Crippen LogP contribution in [0.4, 0.5) is 5.69 Å². The highest BCUT2D eigenvalue weighted by Gasteiger charge is 2.33. The molecular formula is C21H18IN7O2. The number of amides is 1. The summed E-state index contributed by atoms with van der Waals surface area (Å²) >= 11 is 2.26. The average Bonchev–Trinajstić information content (AvgIpc) is 3.44. The number of methoxy groups -OCH3 is 1. The number of halogens is 1. The zero-order valence-electron chi connectivity index (χ0n) is 16.6. The summed E-state index contributed by atoms with van der Waals surface area (Å²) in [6, 6.07) is 15.4. The van der Waals surface area contributed by atoms with E-state index in [1.807, 2.05) is 48.5 Å². The van der Waals surface area contributed by atoms with Crippen molar-refractivity contribution in [3.8, 4) is 11.4 Å². The number of carbonyl (C=O) groups is 1. The lowest BCUT2D eigenvalue weighted by atomic mass is 10.0. The third kappa shape index (κ3) is 3.67. The second-order valence-electron chi connectivity index (χ2n) is 7.03. The Hall–Kier alpha value is -3.28. The Balaban J connectivity index is 1.60. The highest BCUT2D eigenvalue weighted by molar-refractivity contribution is 14.1. The van der Waals surface area contributed by atoms with Crippen LogP contribution in [0.25, 0.3) is 5.69 Å². The molecule has 156 valence electrons. The van der Waals surface area contributed by atoms with E-state index < -0.39 is 0 Å². The van der Waals surface area contributed by atoms with Crippen molar-refractivity contribution in [2.24, 2.45) is 0 Å². The van der Waals surface area contributed by atoms with Crippen LogP contribution in [0.15, 0.2) is 54.9 Å². The van der Waals surface area contributed by atoms with Gasteiger partial charge in [-0.05, 0) is 82.8 Å². The lowest BCUT2D eigenvalue weighted by Crippen LogP contribution is -2.38. The third-order valence-electron chi connectivity index (χ3n) is 5.24. The van der Waals surface area contributed by atoms with Crippen LogP contribution in [0, 0.1) is 3.57 Å². The van der Waals surface area contributed by atoms with Gasteiger partial charge in [0.05, 0.1) is 18.5 Å². The molecule has 0 aliphatic carbocycles. The summed E-state index contributed by atoms with van der Waals surface area (Å²) in [7, 11) is 1.62. The molecule has 4 aromatic rings. The van der Waals surface area contributed by atoms with Crippen molar-refractivity contribution < 1.29 is 9.53 Å². The summed E-state index contributed by atoms with van der Waals surface area (Å²) in [5.41, 5.74) is 3.90. The van der Waals surface area contributed by atoms with Gasteiger partial charge in [-0.2, -0.15) is 9.90 Å². The van der Waals surface area contributed by atoms with Crippen molar-refractivity contribution >= 4 is 34.2 Å². The van der Waals surface area contributed by atoms with Crippen LogP contribution in [0.5, 0.6) is 5.75 Å². The van der Waals surface area contributed by atoms with Gasteiger partial charge >= 0.3 is 0 Å². The van der Waals surface area contributed by atoms with Gasteiger partial charge in [-0.15, -0.1) is 10.2 Å². The SMILES string of the molecule is COc1ccc(-n2nc(Cn3ncnn3)c3c2C(=O)N(c2ccc(I)cc2)CC3)cc1. The number of nitrogens with zero attached hydrogens (tertiary/aromatic N) is 7. The molecule has 3 heterocycles. The summed E-state index contributed by atoms with van der Waals surface area (Å²) in [4.78, 5) is 16.9. The Morgan fingerprint density at radius 1 is 1.06 bits per heavy atom. The van der Waals surface area contributed by atoms with Crippen LogP contribution in [0.2, 0.25) is 0 Å². The first-order valence-corrected chi connectivity index (χ1v) is 10.8. The van der Waals surface area contributed by atoms with Crippen molar-refractivity contribution in [1.29, 1.82) is 0 Å². The molecule has 0 unspecified atom stereocenters. The first-order valence-electron chi connectivity index (χ1n) is 9.67. The first-order chi connectivity index (χ1) is 15.1. The highest BCUT2D eigenvalue weighted by Crippen LogP contribution is 2.29. The molecule has 2 aromatic carbocycles. The maximum Gasteiger partial charge on any atom is 0.277 e. The quantitative estimate of drug-likeness (QED) is 0.371. The van der Waals surface area contributed by atoms with Gasteiger partial charge in [-0.25, -0.2) is 4.68 Å². The van der Waals surface area contributed by atoms with Crippen LogP contribution in [-0.2, 0) is 13.0 Å². The van der Waals surface area contributed by atoms with E-state index in [1.54, 1.807) is 16.7 Å². The van der Waals surface area contributed by atoms with Crippen LogP contribution >= 0.6 is 22.6 Å². The number of tetrazole rings is 1. The standard InChI is InChI=1S/C21H18IN7O2/c1-31-17-8-6-16(7-9-17)29-20-18(19(25-29)12-28-24-13-23-26-28)10-11-27(21(20)30)15-4-2-14(22)3-5-15/h2-9,13H,10-12H2,1H3. The van der Waals surface area contributed by atoms with Crippen LogP contribution in [0.3, 0.4) is 0 Å². The summed E-state index contributed by atoms with van der Waals surface area (Å²) in [6.45, 7) is 0.931. The lowest BCUT2D eigenvalue weighted by Gasteiger charge is -2.28. The Kier molecular flexibility index (Phi) is 5.14. The van der Waals surface area contributed by atoms with Crippen molar-refractivity contribution in [1.82, 2.24) is 30.0 Å². The molecule has 0 radical (unpaired) electrons. The fourth-order valence-corrected chi connectivity index (χ4v) is 4.09. The van der Waals surface area contributed by atoms with E-state index in [0.29, 0.717) is 25.2 Å². The summed E-state index contributed by atoms with van der Waals surface area (Å²) in [6.07, 6.45) is 2.07. The summed E-state index contributed by atoms with van der Waals surface area (Å²) in [5, 5.41) is 16.6. The average molecular weight is 527 g/mol. The van der Waals surface area contributed by atoms with Crippen molar-refractivity contribution in [3.63, 3.8) is 0 Å². The van der Waals surface area contributed by atoms with Gasteiger partial charge in [0.2, 0.25) is 0 Å². The number of carbonyl (C=O) groups excluding carboxylic acids is 1. The Bertz CT molecular complexity index is 1220. The van der Waals surface area contributed by atoms with E-state index >= 15 is 0 Å². The van der Waals surface area contributed by atoms with Gasteiger partial charge in [-0.1, -0.05) is 0 Å². The van der Waals surface area contributed by atoms with Gasteiger partial charge in [-0.3, -0.25) is 4.79 Å². The third-order valence-corrected chi connectivity index (χ3v) is 5.96. The van der Waals surface area contributed by atoms with E-state index in [0.717, 1.165) is 32.0 Å². The number of benzene rings is 2. The molecule has 1 aliphatic heterocycles. The maximum atomic E-state index is 13.6. The number of hydrogen-bond donors (Lipinski definition) is 0. The largest absolute Gasteiger partial charge is 0.497 e. The minimum Gasteiger partial charge on any atom is -0.497 e. The Labute approximate surface area is 191 Å². The molecule has 0 bridgehead atoms. The van der Waals surface area contributed by atoms with Crippen LogP contribution in [0.1, 0.15) is 21.7 Å². The van der Waals surface area contributed by atoms with E-state index in [4.69, 9.17) is 9.84 Å². The molecule has 0 saturated heterocycles. The lowest BCUT2D eigenvalue weighted by molar-refractivity contribution is 0.0973. The summed E-state index contributed by atoms with van der Waals surface area (Å²) in [5.74, 6) is 0.659. The number of anilines is 1. The van der Waals surface area contributed by atoms with Crippen molar-refractivity contribution in [2.75, 3.05) is 18.6 Å². The molecule has 9 nitrogen and oxygen atoms in total. The van der Waals surface area contributed by atoms with E-state index in [1.165, 1.54) is 11.1 Å². The molecule has 0 N–H and O–H groups in total. The van der Waals surface area contributed by atoms with Crippen LogP contribution in [-0.4, -0.2) is 49.5 Å². The number of ether oxygens (including phenoxy) is 1. The molecule has 0 spiro atoms. The molecule has 0 atom stereocenters. The molecule has 0 saturated carbocycles. The fourth-order valence-electron chi connectivity index (χ4n) is 3.73. The van der Waals surface area contributed by atoms with Crippen molar-refractivity contribution in [3.05, 3.63) is 75.4 Å². The molecule has 0 fully saturated rings. The second kappa shape index (κ2) is 8.10. The minimum absolute atomic E-state index is 0.0800. The Morgan fingerprint density at radius 2 is 1.81 bits per heavy atom. The number of fused-ring (bicyclic) bond motifs is 1. The predicted molar refractivity (Wildman–Crippen MR) is 122 cm³/mol. The van der Waals surface area contributed by atoms with Gasteiger partial charge in [0, 0.05) is 21.4 Å². The van der Waals surface area contributed by atoms with Crippen LogP contribution < -0.4 is 9.64 Å². The molecule has 1 amide bonds. The number of rotatable bonds is 5. The Morgan fingerprint density at radius 3 is 2.48 bits per heavy atom. The second-order valence-corrected chi connectivity index (χ2v) is 8.28. The van der Waals surface area contributed by atoms with E-state index in [-0.39, 0.29) is 5.91 Å². The fraction of sp³-hybridized carbons (Fsp3) is 0.190. The van der Waals surface area contributed by atoms with E-state index in [9.17, 15) is 4.79 Å². The highest BCUT2D eigenvalue weighted by atomic mass is 127. The minimum atomic E-state index is -0.0800. The predicted octanol–water partition coefficient (Wildman–Crippen LogP) is 2.72. The van der Waals surface area contributed by atoms with Gasteiger partial charge in [0.1, 0.15) is 18.0 Å². The molecule has 31 heavy (non-hydrogen) atoms.